The summed E-state index contributed by atoms with van der Waals surface area (Å²) in [4.78, 5) is 38.9. The zero-order valence-electron chi connectivity index (χ0n) is 20.2. The summed E-state index contributed by atoms with van der Waals surface area (Å²) in [5.41, 5.74) is 2.78. The molecule has 2 aliphatic heterocycles. The van der Waals surface area contributed by atoms with Gasteiger partial charge in [-0.05, 0) is 37.7 Å². The number of nitrogens with zero attached hydrogens (tertiary/aromatic N) is 6. The summed E-state index contributed by atoms with van der Waals surface area (Å²) in [6.45, 7) is 7.44. The van der Waals surface area contributed by atoms with Crippen LogP contribution in [-0.2, 0) is 16.1 Å². The fourth-order valence-electron chi connectivity index (χ4n) is 4.74. The summed E-state index contributed by atoms with van der Waals surface area (Å²) in [5, 5.41) is 9.27. The second-order valence-corrected chi connectivity index (χ2v) is 10.3. The Hall–Kier alpha value is -3.14. The van der Waals surface area contributed by atoms with E-state index in [2.05, 4.69) is 22.2 Å². The Morgan fingerprint density at radius 2 is 1.94 bits per heavy atom. The van der Waals surface area contributed by atoms with E-state index in [0.29, 0.717) is 19.6 Å². The lowest BCUT2D eigenvalue weighted by atomic mass is 10.1. The normalized spacial score (nSPS) is 18.1. The molecule has 2 aliphatic rings. The Labute approximate surface area is 209 Å². The molecule has 184 valence electrons. The first-order chi connectivity index (χ1) is 17.0. The maximum absolute atomic E-state index is 12.8. The quantitative estimate of drug-likeness (QED) is 0.381. The number of hydrogen-bond donors (Lipinski definition) is 1. The van der Waals surface area contributed by atoms with E-state index in [4.69, 9.17) is 9.97 Å². The van der Waals surface area contributed by atoms with Gasteiger partial charge in [-0.2, -0.15) is 5.10 Å². The van der Waals surface area contributed by atoms with Crippen LogP contribution in [0.5, 0.6) is 0 Å². The molecule has 10 heteroatoms. The summed E-state index contributed by atoms with van der Waals surface area (Å²) in [7, 11) is 0. The van der Waals surface area contributed by atoms with Crippen LogP contribution >= 0.6 is 11.8 Å². The Morgan fingerprint density at radius 1 is 1.17 bits per heavy atom. The molecule has 2 amide bonds. The van der Waals surface area contributed by atoms with Gasteiger partial charge in [0.25, 0.3) is 0 Å². The third-order valence-electron chi connectivity index (χ3n) is 6.60. The second-order valence-electron chi connectivity index (χ2n) is 9.09. The molecule has 0 aliphatic carbocycles. The number of carbonyl (C=O) groups excluding carboxylic acids is 2. The Morgan fingerprint density at radius 3 is 2.69 bits per heavy atom. The van der Waals surface area contributed by atoms with Gasteiger partial charge in [-0.25, -0.2) is 14.6 Å². The first-order valence-electron chi connectivity index (χ1n) is 12.3. The van der Waals surface area contributed by atoms with E-state index in [0.717, 1.165) is 52.1 Å². The average Bonchev–Trinajstić information content (AvgIpc) is 3.60. The lowest BCUT2D eigenvalue weighted by Gasteiger charge is -2.18. The zero-order valence-corrected chi connectivity index (χ0v) is 21.1. The molecule has 5 rings (SSSR count). The third-order valence-corrected chi connectivity index (χ3v) is 7.33. The van der Waals surface area contributed by atoms with Crippen LogP contribution in [0.2, 0.25) is 0 Å². The van der Waals surface area contributed by atoms with Crippen LogP contribution in [-0.4, -0.2) is 63.5 Å². The number of thioether (sulfide) groups is 1. The number of rotatable bonds is 8. The SMILES string of the molecule is CCSc1nc(N2CCCC2)c2cnn(CCNC(=O)C3CC(=O)N(c4ccc(C)cc4)C3)c2n1. The highest BCUT2D eigenvalue weighted by Crippen LogP contribution is 2.29. The maximum atomic E-state index is 12.8. The number of benzene rings is 1. The molecule has 0 bridgehead atoms. The molecule has 0 spiro atoms. The van der Waals surface area contributed by atoms with E-state index in [1.165, 1.54) is 12.8 Å². The van der Waals surface area contributed by atoms with Gasteiger partial charge in [0.05, 0.1) is 24.0 Å². The largest absolute Gasteiger partial charge is 0.356 e. The van der Waals surface area contributed by atoms with Gasteiger partial charge >= 0.3 is 0 Å². The molecule has 0 saturated carbocycles. The molecule has 4 heterocycles. The van der Waals surface area contributed by atoms with Gasteiger partial charge < -0.3 is 15.1 Å². The molecule has 2 fully saturated rings. The molecule has 2 aromatic heterocycles. The van der Waals surface area contributed by atoms with Crippen molar-refractivity contribution in [1.82, 2.24) is 25.1 Å². The first kappa shape index (κ1) is 23.6. The fourth-order valence-corrected chi connectivity index (χ4v) is 5.30. The van der Waals surface area contributed by atoms with E-state index >= 15 is 0 Å². The third kappa shape index (κ3) is 4.98. The van der Waals surface area contributed by atoms with E-state index in [1.54, 1.807) is 16.7 Å². The number of aromatic nitrogens is 4. The van der Waals surface area contributed by atoms with Crippen molar-refractivity contribution >= 4 is 46.1 Å². The van der Waals surface area contributed by atoms with E-state index < -0.39 is 0 Å². The zero-order chi connectivity index (χ0) is 24.4. The minimum atomic E-state index is -0.352. The number of fused-ring (bicyclic) bond motifs is 1. The second kappa shape index (κ2) is 10.2. The number of aryl methyl sites for hydroxylation is 1. The first-order valence-corrected chi connectivity index (χ1v) is 13.3. The van der Waals surface area contributed by atoms with Crippen LogP contribution in [0.4, 0.5) is 11.5 Å². The van der Waals surface area contributed by atoms with Crippen LogP contribution in [0, 0.1) is 12.8 Å². The van der Waals surface area contributed by atoms with Gasteiger partial charge in [-0.15, -0.1) is 0 Å². The number of carbonyl (C=O) groups is 2. The standard InChI is InChI=1S/C25H31N7O2S/c1-3-35-25-28-22(30-11-4-5-12-30)20-15-27-32(23(20)29-25)13-10-26-24(34)18-14-21(33)31(16-18)19-8-6-17(2)7-9-19/h6-9,15,18H,3-5,10-14,16H2,1-2H3,(H,26,34). The number of hydrogen-bond acceptors (Lipinski definition) is 7. The molecule has 1 unspecified atom stereocenters. The molecule has 0 radical (unpaired) electrons. The molecule has 1 atom stereocenters. The average molecular weight is 494 g/mol. The van der Waals surface area contributed by atoms with Gasteiger partial charge in [0.2, 0.25) is 11.8 Å². The summed E-state index contributed by atoms with van der Waals surface area (Å²) in [5.74, 6) is 1.39. The maximum Gasteiger partial charge on any atom is 0.227 e. The van der Waals surface area contributed by atoms with Crippen molar-refractivity contribution in [3.63, 3.8) is 0 Å². The molecule has 3 aromatic rings. The number of nitrogens with one attached hydrogen (secondary N) is 1. The lowest BCUT2D eigenvalue weighted by Crippen LogP contribution is -2.35. The molecule has 2 saturated heterocycles. The van der Waals surface area contributed by atoms with Gasteiger partial charge in [0.1, 0.15) is 5.82 Å². The summed E-state index contributed by atoms with van der Waals surface area (Å²) in [6.07, 6.45) is 4.41. The van der Waals surface area contributed by atoms with E-state index in [-0.39, 0.29) is 24.2 Å². The summed E-state index contributed by atoms with van der Waals surface area (Å²) >= 11 is 1.62. The molecular weight excluding hydrogens is 462 g/mol. The lowest BCUT2D eigenvalue weighted by molar-refractivity contribution is -0.126. The highest BCUT2D eigenvalue weighted by atomic mass is 32.2. The molecular formula is C25H31N7O2S. The predicted molar refractivity (Wildman–Crippen MR) is 138 cm³/mol. The van der Waals surface area contributed by atoms with Crippen molar-refractivity contribution in [2.45, 2.75) is 44.8 Å². The van der Waals surface area contributed by atoms with Gasteiger partial charge in [-0.3, -0.25) is 9.59 Å². The fraction of sp³-hybridized carbons (Fsp3) is 0.480. The predicted octanol–water partition coefficient (Wildman–Crippen LogP) is 3.02. The van der Waals surface area contributed by atoms with Crippen molar-refractivity contribution < 1.29 is 9.59 Å². The van der Waals surface area contributed by atoms with Crippen molar-refractivity contribution in [3.05, 3.63) is 36.0 Å². The highest BCUT2D eigenvalue weighted by Gasteiger charge is 2.35. The Balaban J connectivity index is 1.24. The Bertz CT molecular complexity index is 1220. The number of amides is 2. The monoisotopic (exact) mass is 493 g/mol. The molecule has 9 nitrogen and oxygen atoms in total. The van der Waals surface area contributed by atoms with Crippen LogP contribution in [0.25, 0.3) is 11.0 Å². The van der Waals surface area contributed by atoms with Gasteiger partial charge in [0, 0.05) is 38.3 Å². The van der Waals surface area contributed by atoms with Crippen LogP contribution in [0.15, 0.2) is 35.6 Å². The van der Waals surface area contributed by atoms with E-state index in [1.807, 2.05) is 42.1 Å². The van der Waals surface area contributed by atoms with Crippen LogP contribution < -0.4 is 15.1 Å². The minimum Gasteiger partial charge on any atom is -0.356 e. The van der Waals surface area contributed by atoms with Gasteiger partial charge in [0.15, 0.2) is 10.8 Å². The smallest absolute Gasteiger partial charge is 0.227 e. The molecule has 1 N–H and O–H groups in total. The van der Waals surface area contributed by atoms with Crippen molar-refractivity contribution in [1.29, 1.82) is 0 Å². The van der Waals surface area contributed by atoms with Crippen molar-refractivity contribution in [3.8, 4) is 0 Å². The van der Waals surface area contributed by atoms with E-state index in [9.17, 15) is 9.59 Å². The van der Waals surface area contributed by atoms with Crippen molar-refractivity contribution in [2.75, 3.05) is 41.7 Å². The minimum absolute atomic E-state index is 0.0147. The Kier molecular flexibility index (Phi) is 6.90. The number of anilines is 2. The highest BCUT2D eigenvalue weighted by molar-refractivity contribution is 7.99. The summed E-state index contributed by atoms with van der Waals surface area (Å²) in [6, 6.07) is 7.82. The van der Waals surface area contributed by atoms with Crippen molar-refractivity contribution in [2.24, 2.45) is 5.92 Å². The van der Waals surface area contributed by atoms with Crippen LogP contribution in [0.1, 0.15) is 31.7 Å². The molecule has 1 aromatic carbocycles. The topological polar surface area (TPSA) is 96.2 Å². The van der Waals surface area contributed by atoms with Gasteiger partial charge in [-0.1, -0.05) is 36.4 Å². The molecule has 35 heavy (non-hydrogen) atoms. The van der Waals surface area contributed by atoms with Crippen LogP contribution in [0.3, 0.4) is 0 Å². The summed E-state index contributed by atoms with van der Waals surface area (Å²) < 4.78 is 1.84.